The first-order valence-corrected chi connectivity index (χ1v) is 10.5. The minimum absolute atomic E-state index is 0. The number of halogens is 2. The van der Waals surface area contributed by atoms with Gasteiger partial charge in [0.25, 0.3) is 0 Å². The molecule has 0 amide bonds. The molecule has 3 aromatic rings. The fraction of sp³-hybridized carbons (Fsp3) is 0.333. The Labute approximate surface area is 213 Å². The molecule has 0 fully saturated rings. The predicted octanol–water partition coefficient (Wildman–Crippen LogP) is 7.08. The zero-order chi connectivity index (χ0) is 25.0. The maximum absolute atomic E-state index is 13.3. The molecule has 1 heterocycles. The van der Waals surface area contributed by atoms with E-state index in [4.69, 9.17) is 4.74 Å². The van der Waals surface area contributed by atoms with Crippen LogP contribution in [0, 0.1) is 28.5 Å². The van der Waals surface area contributed by atoms with Gasteiger partial charge in [0, 0.05) is 54.2 Å². The molecule has 0 spiro atoms. The Bertz CT molecular complexity index is 1180. The van der Waals surface area contributed by atoms with E-state index < -0.39 is 17.0 Å². The molecule has 0 saturated carbocycles. The van der Waals surface area contributed by atoms with Crippen LogP contribution in [-0.4, -0.2) is 23.0 Å². The van der Waals surface area contributed by atoms with Crippen molar-refractivity contribution in [3.8, 4) is 17.0 Å². The quantitative estimate of drug-likeness (QED) is 0.188. The first-order valence-electron chi connectivity index (χ1n) is 10.5. The number of fused-ring (bicyclic) bond motifs is 1. The van der Waals surface area contributed by atoms with Gasteiger partial charge in [-0.15, -0.1) is 29.8 Å². The van der Waals surface area contributed by atoms with Gasteiger partial charge in [0.15, 0.2) is 17.4 Å². The topological polar surface area (TPSA) is 59.4 Å². The molecule has 0 atom stereocenters. The molecule has 2 aromatic carbocycles. The molecular weight excluding hydrogens is 617 g/mol. The van der Waals surface area contributed by atoms with Gasteiger partial charge in [-0.3, -0.25) is 9.78 Å². The van der Waals surface area contributed by atoms with E-state index in [1.807, 2.05) is 41.5 Å². The number of aliphatic hydroxyl groups is 1. The van der Waals surface area contributed by atoms with Gasteiger partial charge >= 0.3 is 0 Å². The molecule has 0 aliphatic heterocycles. The summed E-state index contributed by atoms with van der Waals surface area (Å²) in [6.45, 7) is 11.1. The van der Waals surface area contributed by atoms with Crippen LogP contribution in [0.5, 0.6) is 5.75 Å². The number of benzene rings is 2. The summed E-state index contributed by atoms with van der Waals surface area (Å²) >= 11 is 0. The molecule has 0 unspecified atom stereocenters. The third-order valence-corrected chi connectivity index (χ3v) is 4.79. The normalized spacial score (nSPS) is 11.9. The fourth-order valence-corrected chi connectivity index (χ4v) is 2.55. The Morgan fingerprint density at radius 1 is 1.00 bits per heavy atom. The summed E-state index contributed by atoms with van der Waals surface area (Å²) in [6, 6.07) is 14.0. The number of ether oxygens (including phenoxy) is 1. The first-order chi connectivity index (χ1) is 15.2. The second-order valence-electron chi connectivity index (χ2n) is 9.69. The number of rotatable bonds is 3. The molecule has 34 heavy (non-hydrogen) atoms. The van der Waals surface area contributed by atoms with Crippen LogP contribution >= 0.6 is 0 Å². The molecule has 0 aliphatic rings. The van der Waals surface area contributed by atoms with Gasteiger partial charge in [-0.1, -0.05) is 53.7 Å². The van der Waals surface area contributed by atoms with Gasteiger partial charge < -0.3 is 9.84 Å². The van der Waals surface area contributed by atoms with Gasteiger partial charge in [0.05, 0.1) is 12.6 Å². The van der Waals surface area contributed by atoms with Crippen molar-refractivity contribution >= 4 is 16.7 Å². The smallest absolute Gasteiger partial charge is 0.164 e. The third kappa shape index (κ3) is 8.00. The van der Waals surface area contributed by atoms with Gasteiger partial charge in [-0.2, -0.15) is 0 Å². The Morgan fingerprint density at radius 3 is 2.18 bits per heavy atom. The Balaban J connectivity index is 0.000000364. The predicted molar refractivity (Wildman–Crippen MR) is 127 cm³/mol. The fourth-order valence-electron chi connectivity index (χ4n) is 2.55. The molecule has 1 aromatic heterocycles. The van der Waals surface area contributed by atoms with Crippen LogP contribution in [0.2, 0.25) is 0 Å². The second kappa shape index (κ2) is 11.7. The molecule has 1 N–H and O–H groups in total. The van der Waals surface area contributed by atoms with Crippen LogP contribution in [0.25, 0.3) is 22.2 Å². The second-order valence-corrected chi connectivity index (χ2v) is 9.69. The number of nitrogens with zero attached hydrogens (tertiary/aromatic N) is 1. The third-order valence-electron chi connectivity index (χ3n) is 4.79. The van der Waals surface area contributed by atoms with Crippen molar-refractivity contribution in [1.82, 2.24) is 4.98 Å². The molecule has 0 saturated heterocycles. The largest absolute Gasteiger partial charge is 0.516 e. The molecular formula is C27H30F2IrNO3-. The molecule has 1 radical (unpaired) electrons. The summed E-state index contributed by atoms with van der Waals surface area (Å²) in [7, 11) is 1.57. The van der Waals surface area contributed by atoms with E-state index >= 15 is 0 Å². The monoisotopic (exact) mass is 647 g/mol. The molecule has 0 aliphatic carbocycles. The van der Waals surface area contributed by atoms with Crippen molar-refractivity contribution < 1.29 is 43.5 Å². The SMILES string of the molecule is CC(C)(C)C(=O)/C=C(\O)C(C)(C)C.COc1cc[c-]c(-c2ccc3cc(F)c(F)cc3n2)c1.[Ir]. The van der Waals surface area contributed by atoms with Gasteiger partial charge in [-0.25, -0.2) is 8.78 Å². The zero-order valence-corrected chi connectivity index (χ0v) is 22.8. The summed E-state index contributed by atoms with van der Waals surface area (Å²) in [6.07, 6.45) is 1.33. The van der Waals surface area contributed by atoms with Crippen LogP contribution in [0.3, 0.4) is 0 Å². The van der Waals surface area contributed by atoms with Crippen molar-refractivity contribution in [3.63, 3.8) is 0 Å². The van der Waals surface area contributed by atoms with E-state index in [-0.39, 0.29) is 37.1 Å². The average Bonchev–Trinajstić information content (AvgIpc) is 2.73. The van der Waals surface area contributed by atoms with Crippen molar-refractivity contribution in [1.29, 1.82) is 0 Å². The molecule has 0 bridgehead atoms. The molecule has 4 nitrogen and oxygen atoms in total. The zero-order valence-electron chi connectivity index (χ0n) is 20.4. The van der Waals surface area contributed by atoms with E-state index in [0.717, 1.165) is 17.7 Å². The number of pyridine rings is 1. The van der Waals surface area contributed by atoms with E-state index in [2.05, 4.69) is 11.1 Å². The van der Waals surface area contributed by atoms with Crippen LogP contribution in [0.4, 0.5) is 8.78 Å². The minimum Gasteiger partial charge on any atom is -0.516 e. The van der Waals surface area contributed by atoms with Gasteiger partial charge in [0.2, 0.25) is 0 Å². The Kier molecular flexibility index (Phi) is 10.1. The number of carbonyl (C=O) groups is 1. The average molecular weight is 647 g/mol. The standard InChI is InChI=1S/C16H10F2NO.C11H20O2.Ir/c1-20-12-4-2-3-10(7-12)15-6-5-11-8-13(17)14(18)9-16(11)19-15;1-10(2,3)8(12)7-9(13)11(4,5)6;/h2,4-9H,1H3;7,12H,1-6H3;/q-1;;/b;8-7-;. The number of methoxy groups -OCH3 is 1. The summed E-state index contributed by atoms with van der Waals surface area (Å²) < 4.78 is 31.5. The summed E-state index contributed by atoms with van der Waals surface area (Å²) in [5.41, 5.74) is 0.996. The summed E-state index contributed by atoms with van der Waals surface area (Å²) in [5, 5.41) is 10.1. The molecule has 3 rings (SSSR count). The number of aliphatic hydroxyl groups excluding tert-OH is 1. The Hall–Kier alpha value is -2.63. The molecule has 7 heteroatoms. The molecule has 185 valence electrons. The Morgan fingerprint density at radius 2 is 1.62 bits per heavy atom. The first kappa shape index (κ1) is 29.4. The number of aromatic nitrogens is 1. The van der Waals surface area contributed by atoms with Gasteiger partial charge in [-0.05, 0) is 11.8 Å². The van der Waals surface area contributed by atoms with Crippen LogP contribution in [0.15, 0.2) is 54.3 Å². The van der Waals surface area contributed by atoms with E-state index in [0.29, 0.717) is 22.3 Å². The number of allylic oxidation sites excluding steroid dienone is 2. The van der Waals surface area contributed by atoms with Crippen molar-refractivity contribution in [2.24, 2.45) is 10.8 Å². The van der Waals surface area contributed by atoms with Crippen LogP contribution < -0.4 is 4.74 Å². The van der Waals surface area contributed by atoms with Gasteiger partial charge in [0.1, 0.15) is 5.76 Å². The summed E-state index contributed by atoms with van der Waals surface area (Å²) in [4.78, 5) is 15.8. The van der Waals surface area contributed by atoms with E-state index in [1.165, 1.54) is 6.08 Å². The van der Waals surface area contributed by atoms with Crippen molar-refractivity contribution in [2.75, 3.05) is 7.11 Å². The maximum atomic E-state index is 13.3. The number of carbonyl (C=O) groups excluding carboxylic acids is 1. The minimum atomic E-state index is -0.906. The van der Waals surface area contributed by atoms with E-state index in [9.17, 15) is 18.7 Å². The number of hydrogen-bond acceptors (Lipinski definition) is 4. The van der Waals surface area contributed by atoms with E-state index in [1.54, 1.807) is 37.4 Å². The van der Waals surface area contributed by atoms with Crippen molar-refractivity contribution in [2.45, 2.75) is 41.5 Å². The van der Waals surface area contributed by atoms with Crippen LogP contribution in [0.1, 0.15) is 41.5 Å². The number of hydrogen-bond donors (Lipinski definition) is 1. The van der Waals surface area contributed by atoms with Crippen LogP contribution in [-0.2, 0) is 24.9 Å². The van der Waals surface area contributed by atoms with Crippen molar-refractivity contribution in [3.05, 3.63) is 72.0 Å². The summed E-state index contributed by atoms with van der Waals surface area (Å²) in [5.74, 6) is -0.991. The number of ketones is 1. The maximum Gasteiger partial charge on any atom is 0.164 e.